The minimum absolute atomic E-state index is 0.313. The zero-order valence-electron chi connectivity index (χ0n) is 16.6. The summed E-state index contributed by atoms with van der Waals surface area (Å²) in [6.45, 7) is 1.52. The molecule has 152 valence electrons. The summed E-state index contributed by atoms with van der Waals surface area (Å²) in [6.07, 6.45) is 5.71. The van der Waals surface area contributed by atoms with E-state index in [0.29, 0.717) is 21.6 Å². The summed E-state index contributed by atoms with van der Waals surface area (Å²) in [5.74, 6) is -1.06. The summed E-state index contributed by atoms with van der Waals surface area (Å²) in [5, 5.41) is 13.8. The predicted octanol–water partition coefficient (Wildman–Crippen LogP) is 4.62. The minimum atomic E-state index is -1.01. The van der Waals surface area contributed by atoms with Gasteiger partial charge in [0.2, 0.25) is 0 Å². The second-order valence-corrected chi connectivity index (χ2v) is 8.40. The first kappa shape index (κ1) is 20.0. The molecule has 3 aromatic rings. The Morgan fingerprint density at radius 1 is 1.20 bits per heavy atom. The predicted molar refractivity (Wildman–Crippen MR) is 116 cm³/mol. The summed E-state index contributed by atoms with van der Waals surface area (Å²) < 4.78 is 5.40. The van der Waals surface area contributed by atoms with Crippen LogP contribution in [0.1, 0.15) is 52.5 Å². The van der Waals surface area contributed by atoms with Gasteiger partial charge in [-0.15, -0.1) is 11.3 Å². The zero-order valence-corrected chi connectivity index (χ0v) is 17.4. The van der Waals surface area contributed by atoms with Crippen molar-refractivity contribution >= 4 is 39.1 Å². The number of amides is 1. The number of aromatic nitrogens is 1. The maximum atomic E-state index is 12.7. The van der Waals surface area contributed by atoms with E-state index < -0.39 is 18.0 Å². The van der Waals surface area contributed by atoms with Gasteiger partial charge < -0.3 is 10.1 Å². The van der Waals surface area contributed by atoms with Crippen LogP contribution in [0.5, 0.6) is 0 Å². The van der Waals surface area contributed by atoms with Gasteiger partial charge in [-0.1, -0.05) is 24.6 Å². The number of ether oxygens (including phenoxy) is 1. The Kier molecular flexibility index (Phi) is 5.77. The van der Waals surface area contributed by atoms with E-state index in [2.05, 4.69) is 16.4 Å². The van der Waals surface area contributed by atoms with Crippen LogP contribution in [0.2, 0.25) is 0 Å². The summed E-state index contributed by atoms with van der Waals surface area (Å²) in [7, 11) is 0. The molecule has 0 unspecified atom stereocenters. The molecule has 0 spiro atoms. The number of benzene rings is 1. The maximum absolute atomic E-state index is 12.7. The van der Waals surface area contributed by atoms with Crippen molar-refractivity contribution in [3.63, 3.8) is 0 Å². The zero-order chi connectivity index (χ0) is 21.1. The number of rotatable bonds is 4. The molecule has 1 amide bonds. The number of anilines is 1. The molecule has 0 bridgehead atoms. The summed E-state index contributed by atoms with van der Waals surface area (Å²) in [4.78, 5) is 30.8. The van der Waals surface area contributed by atoms with Crippen molar-refractivity contribution in [1.29, 1.82) is 5.26 Å². The third-order valence-corrected chi connectivity index (χ3v) is 6.48. The Labute approximate surface area is 178 Å². The first-order valence-electron chi connectivity index (χ1n) is 9.98. The molecule has 0 radical (unpaired) electrons. The minimum Gasteiger partial charge on any atom is -0.449 e. The molecule has 0 saturated carbocycles. The van der Waals surface area contributed by atoms with E-state index in [1.165, 1.54) is 23.1 Å². The van der Waals surface area contributed by atoms with Crippen molar-refractivity contribution in [2.45, 2.75) is 45.1 Å². The van der Waals surface area contributed by atoms with E-state index in [-0.39, 0.29) is 0 Å². The van der Waals surface area contributed by atoms with E-state index in [1.807, 2.05) is 12.1 Å². The average Bonchev–Trinajstić information content (AvgIpc) is 2.91. The highest BCUT2D eigenvalue weighted by atomic mass is 32.1. The van der Waals surface area contributed by atoms with Gasteiger partial charge in [-0.3, -0.25) is 9.78 Å². The molecule has 6 nitrogen and oxygen atoms in total. The van der Waals surface area contributed by atoms with Crippen LogP contribution in [0.25, 0.3) is 10.9 Å². The Morgan fingerprint density at radius 3 is 2.83 bits per heavy atom. The van der Waals surface area contributed by atoms with Gasteiger partial charge in [-0.25, -0.2) is 4.79 Å². The number of para-hydroxylation sites is 1. The first-order chi connectivity index (χ1) is 14.6. The lowest BCUT2D eigenvalue weighted by atomic mass is 10.1. The fourth-order valence-electron chi connectivity index (χ4n) is 3.71. The Bertz CT molecular complexity index is 1160. The smallest absolute Gasteiger partial charge is 0.341 e. The van der Waals surface area contributed by atoms with Gasteiger partial charge in [-0.2, -0.15) is 5.26 Å². The number of carbonyl (C=O) groups is 2. The third-order valence-electron chi connectivity index (χ3n) is 5.28. The van der Waals surface area contributed by atoms with Gasteiger partial charge in [0.1, 0.15) is 11.1 Å². The number of thiophene rings is 1. The highest BCUT2D eigenvalue weighted by Gasteiger charge is 2.25. The van der Waals surface area contributed by atoms with Crippen molar-refractivity contribution in [1.82, 2.24) is 4.98 Å². The standard InChI is InChI=1S/C23H21N3O3S/c1-14(29-23(28)17-10-5-7-15-8-6-12-25-20(15)17)21(27)26-22-18(13-24)16-9-3-2-4-11-19(16)30-22/h5-8,10,12,14H,2-4,9,11H2,1H3,(H,26,27)/t14-/m0/s1. The number of hydrogen-bond donors (Lipinski definition) is 1. The first-order valence-corrected chi connectivity index (χ1v) is 10.8. The highest BCUT2D eigenvalue weighted by Crippen LogP contribution is 2.37. The molecule has 2 aromatic heterocycles. The number of nitriles is 1. The van der Waals surface area contributed by atoms with Crippen LogP contribution in [-0.2, 0) is 22.4 Å². The second kappa shape index (κ2) is 8.64. The third kappa shape index (κ3) is 3.91. The van der Waals surface area contributed by atoms with Gasteiger partial charge in [0, 0.05) is 16.5 Å². The van der Waals surface area contributed by atoms with Crippen LogP contribution >= 0.6 is 11.3 Å². The van der Waals surface area contributed by atoms with E-state index in [0.717, 1.165) is 43.1 Å². The van der Waals surface area contributed by atoms with Crippen molar-refractivity contribution in [3.05, 3.63) is 58.1 Å². The Morgan fingerprint density at radius 2 is 2.00 bits per heavy atom. The van der Waals surface area contributed by atoms with Crippen molar-refractivity contribution < 1.29 is 14.3 Å². The van der Waals surface area contributed by atoms with Crippen LogP contribution in [0.4, 0.5) is 5.00 Å². The number of fused-ring (bicyclic) bond motifs is 2. The lowest BCUT2D eigenvalue weighted by molar-refractivity contribution is -0.123. The fourth-order valence-corrected chi connectivity index (χ4v) is 4.95. The molecule has 4 rings (SSSR count). The highest BCUT2D eigenvalue weighted by molar-refractivity contribution is 7.16. The van der Waals surface area contributed by atoms with Crippen LogP contribution < -0.4 is 5.32 Å². The molecule has 0 fully saturated rings. The molecule has 1 N–H and O–H groups in total. The summed E-state index contributed by atoms with van der Waals surface area (Å²) in [5.41, 5.74) is 2.45. The molecule has 0 aliphatic heterocycles. The Balaban J connectivity index is 1.49. The number of aryl methyl sites for hydroxylation is 1. The maximum Gasteiger partial charge on any atom is 0.341 e. The molecule has 1 atom stereocenters. The van der Waals surface area contributed by atoms with Crippen LogP contribution in [-0.4, -0.2) is 23.0 Å². The van der Waals surface area contributed by atoms with Crippen LogP contribution in [0.3, 0.4) is 0 Å². The van der Waals surface area contributed by atoms with Gasteiger partial charge in [-0.05, 0) is 50.3 Å². The molecular weight excluding hydrogens is 398 g/mol. The van der Waals surface area contributed by atoms with Crippen molar-refractivity contribution in [2.75, 3.05) is 5.32 Å². The van der Waals surface area contributed by atoms with E-state index >= 15 is 0 Å². The number of nitrogens with zero attached hydrogens (tertiary/aromatic N) is 2. The quantitative estimate of drug-likeness (QED) is 0.492. The van der Waals surface area contributed by atoms with Crippen molar-refractivity contribution in [2.24, 2.45) is 0 Å². The SMILES string of the molecule is C[C@H](OC(=O)c1cccc2cccnc12)C(=O)Nc1sc2c(c1C#N)CCCCC2. The largest absolute Gasteiger partial charge is 0.449 e. The van der Waals surface area contributed by atoms with Crippen molar-refractivity contribution in [3.8, 4) is 6.07 Å². The molecule has 1 aliphatic rings. The number of pyridine rings is 1. The normalized spacial score (nSPS) is 14.3. The summed E-state index contributed by atoms with van der Waals surface area (Å²) in [6, 6.07) is 11.1. The Hall–Kier alpha value is -3.24. The molecule has 30 heavy (non-hydrogen) atoms. The molecular formula is C23H21N3O3S. The van der Waals surface area contributed by atoms with Gasteiger partial charge >= 0.3 is 5.97 Å². The molecule has 1 aromatic carbocycles. The van der Waals surface area contributed by atoms with E-state index in [4.69, 9.17) is 4.74 Å². The topological polar surface area (TPSA) is 92.1 Å². The van der Waals surface area contributed by atoms with E-state index in [9.17, 15) is 14.9 Å². The molecule has 2 heterocycles. The van der Waals surface area contributed by atoms with Gasteiger partial charge in [0.15, 0.2) is 6.10 Å². The summed E-state index contributed by atoms with van der Waals surface area (Å²) >= 11 is 1.46. The number of esters is 1. The number of carbonyl (C=O) groups excluding carboxylic acids is 2. The van der Waals surface area contributed by atoms with Gasteiger partial charge in [0.05, 0.1) is 16.6 Å². The second-order valence-electron chi connectivity index (χ2n) is 7.30. The molecule has 0 saturated heterocycles. The fraction of sp³-hybridized carbons (Fsp3) is 0.304. The number of hydrogen-bond acceptors (Lipinski definition) is 6. The molecule has 1 aliphatic carbocycles. The van der Waals surface area contributed by atoms with Gasteiger partial charge in [0.25, 0.3) is 5.91 Å². The lowest BCUT2D eigenvalue weighted by Crippen LogP contribution is -2.30. The average molecular weight is 420 g/mol. The number of nitrogens with one attached hydrogen (secondary N) is 1. The lowest BCUT2D eigenvalue weighted by Gasteiger charge is -2.14. The van der Waals surface area contributed by atoms with Crippen LogP contribution in [0, 0.1) is 11.3 Å². The van der Waals surface area contributed by atoms with Crippen LogP contribution in [0.15, 0.2) is 36.5 Å². The van der Waals surface area contributed by atoms with E-state index in [1.54, 1.807) is 24.4 Å². The monoisotopic (exact) mass is 419 g/mol. The molecule has 7 heteroatoms.